The van der Waals surface area contributed by atoms with Crippen molar-refractivity contribution in [3.05, 3.63) is 35.9 Å². The molecule has 0 radical (unpaired) electrons. The summed E-state index contributed by atoms with van der Waals surface area (Å²) in [7, 11) is 1.57. The molecule has 0 bridgehead atoms. The van der Waals surface area contributed by atoms with Crippen molar-refractivity contribution in [1.29, 1.82) is 0 Å². The van der Waals surface area contributed by atoms with Crippen LogP contribution in [0.5, 0.6) is 11.6 Å². The first-order chi connectivity index (χ1) is 14.5. The molecular formula is C20H25FN4O5. The average molecular weight is 420 g/mol. The number of carbonyl (C=O) groups is 1. The van der Waals surface area contributed by atoms with Crippen molar-refractivity contribution in [2.75, 3.05) is 38.7 Å². The van der Waals surface area contributed by atoms with E-state index in [2.05, 4.69) is 15.3 Å². The number of nitrogens with zero attached hydrogens (tertiary/aromatic N) is 3. The van der Waals surface area contributed by atoms with Crippen LogP contribution in [-0.2, 0) is 4.74 Å². The minimum absolute atomic E-state index is 0.137. The van der Waals surface area contributed by atoms with Crippen LogP contribution in [0.15, 0.2) is 24.5 Å². The van der Waals surface area contributed by atoms with Crippen LogP contribution in [0, 0.1) is 12.7 Å². The third kappa shape index (κ3) is 5.47. The number of methoxy groups -OCH3 is 1. The van der Waals surface area contributed by atoms with Gasteiger partial charge < -0.3 is 29.5 Å². The third-order valence-corrected chi connectivity index (χ3v) is 4.78. The van der Waals surface area contributed by atoms with Crippen molar-refractivity contribution in [3.63, 3.8) is 0 Å². The molecule has 2 aromatic rings. The van der Waals surface area contributed by atoms with Gasteiger partial charge in [0.15, 0.2) is 0 Å². The van der Waals surface area contributed by atoms with Crippen LogP contribution in [0.25, 0.3) is 0 Å². The molecule has 0 saturated carbocycles. The number of halogens is 1. The Morgan fingerprint density at radius 3 is 2.73 bits per heavy atom. The molecule has 1 aliphatic rings. The summed E-state index contributed by atoms with van der Waals surface area (Å²) in [6.07, 6.45) is 1.45. The Morgan fingerprint density at radius 1 is 1.30 bits per heavy atom. The van der Waals surface area contributed by atoms with E-state index in [1.807, 2.05) is 0 Å². The molecule has 1 fully saturated rings. The Morgan fingerprint density at radius 2 is 2.07 bits per heavy atom. The quantitative estimate of drug-likeness (QED) is 0.627. The van der Waals surface area contributed by atoms with Gasteiger partial charge in [-0.05, 0) is 19.1 Å². The summed E-state index contributed by atoms with van der Waals surface area (Å²) in [5, 5.41) is 12.0. The van der Waals surface area contributed by atoms with Gasteiger partial charge in [-0.25, -0.2) is 19.2 Å². The summed E-state index contributed by atoms with van der Waals surface area (Å²) >= 11 is 0. The highest BCUT2D eigenvalue weighted by Gasteiger charge is 2.24. The van der Waals surface area contributed by atoms with Crippen LogP contribution in [0.4, 0.5) is 20.7 Å². The summed E-state index contributed by atoms with van der Waals surface area (Å²) in [6, 6.07) is 4.52. The number of rotatable bonds is 8. The third-order valence-electron chi connectivity index (χ3n) is 4.78. The standard InChI is InChI=1S/C20H25FN4O5/c1-13-18(24-17-4-3-15(11-16(17)21)29-10-9-28-2)22-12-23-19(13)30-14-5-7-25(8-6-14)20(26)27/h3-4,11-12,14H,5-10H2,1-2H3,(H,26,27)(H,22,23,24). The first kappa shape index (κ1) is 21.6. The number of nitrogens with one attached hydrogen (secondary N) is 1. The van der Waals surface area contributed by atoms with E-state index in [9.17, 15) is 9.18 Å². The number of benzene rings is 1. The van der Waals surface area contributed by atoms with Gasteiger partial charge in [-0.1, -0.05) is 0 Å². The lowest BCUT2D eigenvalue weighted by Gasteiger charge is -2.30. The first-order valence-electron chi connectivity index (χ1n) is 9.62. The molecule has 1 aliphatic heterocycles. The van der Waals surface area contributed by atoms with Gasteiger partial charge in [-0.15, -0.1) is 0 Å². The van der Waals surface area contributed by atoms with E-state index >= 15 is 0 Å². The van der Waals surface area contributed by atoms with E-state index in [-0.39, 0.29) is 11.8 Å². The number of likely N-dealkylation sites (tertiary alicyclic amines) is 1. The van der Waals surface area contributed by atoms with Crippen LogP contribution < -0.4 is 14.8 Å². The molecule has 0 unspecified atom stereocenters. The summed E-state index contributed by atoms with van der Waals surface area (Å²) in [6.45, 7) is 3.36. The van der Waals surface area contributed by atoms with Crippen molar-refractivity contribution in [2.45, 2.75) is 25.9 Å². The maximum absolute atomic E-state index is 14.5. The molecule has 1 aromatic carbocycles. The van der Waals surface area contributed by atoms with E-state index in [1.54, 1.807) is 26.2 Å². The summed E-state index contributed by atoms with van der Waals surface area (Å²) in [4.78, 5) is 20.7. The topological polar surface area (TPSA) is 106 Å². The highest BCUT2D eigenvalue weighted by Crippen LogP contribution is 2.28. The number of hydrogen-bond acceptors (Lipinski definition) is 7. The molecule has 2 heterocycles. The number of carboxylic acid groups (broad SMARTS) is 1. The number of piperidine rings is 1. The van der Waals surface area contributed by atoms with Crippen LogP contribution in [0.1, 0.15) is 18.4 Å². The Balaban J connectivity index is 1.64. The van der Waals surface area contributed by atoms with E-state index in [0.717, 1.165) is 0 Å². The molecule has 10 heteroatoms. The molecule has 1 amide bonds. The number of amides is 1. The van der Waals surface area contributed by atoms with Gasteiger partial charge in [0, 0.05) is 39.1 Å². The summed E-state index contributed by atoms with van der Waals surface area (Å²) in [5.41, 5.74) is 0.884. The zero-order valence-corrected chi connectivity index (χ0v) is 16.9. The molecule has 0 spiro atoms. The second kappa shape index (κ2) is 10.1. The maximum Gasteiger partial charge on any atom is 0.407 e. The van der Waals surface area contributed by atoms with Crippen molar-refractivity contribution in [1.82, 2.24) is 14.9 Å². The fourth-order valence-electron chi connectivity index (χ4n) is 3.06. The molecular weight excluding hydrogens is 395 g/mol. The molecule has 1 saturated heterocycles. The van der Waals surface area contributed by atoms with E-state index in [4.69, 9.17) is 19.3 Å². The fourth-order valence-corrected chi connectivity index (χ4v) is 3.06. The lowest BCUT2D eigenvalue weighted by Crippen LogP contribution is -2.41. The van der Waals surface area contributed by atoms with Crippen molar-refractivity contribution in [3.8, 4) is 11.6 Å². The van der Waals surface area contributed by atoms with Crippen LogP contribution in [0.3, 0.4) is 0 Å². The van der Waals surface area contributed by atoms with Crippen LogP contribution in [0.2, 0.25) is 0 Å². The van der Waals surface area contributed by atoms with Crippen LogP contribution in [-0.4, -0.2) is 65.6 Å². The lowest BCUT2D eigenvalue weighted by molar-refractivity contribution is 0.0866. The number of anilines is 2. The molecule has 0 atom stereocenters. The smallest absolute Gasteiger partial charge is 0.407 e. The number of aromatic nitrogens is 2. The minimum atomic E-state index is -0.921. The monoisotopic (exact) mass is 420 g/mol. The lowest BCUT2D eigenvalue weighted by atomic mass is 10.1. The molecule has 3 rings (SSSR count). The molecule has 162 valence electrons. The Labute approximate surface area is 173 Å². The van der Waals surface area contributed by atoms with E-state index < -0.39 is 11.9 Å². The van der Waals surface area contributed by atoms with Crippen molar-refractivity contribution >= 4 is 17.6 Å². The van der Waals surface area contributed by atoms with Gasteiger partial charge in [-0.3, -0.25) is 0 Å². The molecule has 9 nitrogen and oxygen atoms in total. The molecule has 30 heavy (non-hydrogen) atoms. The predicted molar refractivity (Wildman–Crippen MR) is 107 cm³/mol. The average Bonchev–Trinajstić information content (AvgIpc) is 2.73. The van der Waals surface area contributed by atoms with E-state index in [1.165, 1.54) is 17.3 Å². The van der Waals surface area contributed by atoms with Gasteiger partial charge in [0.05, 0.1) is 17.9 Å². The van der Waals surface area contributed by atoms with Crippen LogP contribution >= 0.6 is 0 Å². The van der Waals surface area contributed by atoms with Gasteiger partial charge in [0.2, 0.25) is 5.88 Å². The predicted octanol–water partition coefficient (Wildman–Crippen LogP) is 3.21. The van der Waals surface area contributed by atoms with Gasteiger partial charge in [0.25, 0.3) is 0 Å². The first-order valence-corrected chi connectivity index (χ1v) is 9.62. The highest BCUT2D eigenvalue weighted by atomic mass is 19.1. The highest BCUT2D eigenvalue weighted by molar-refractivity contribution is 5.65. The second-order valence-electron chi connectivity index (χ2n) is 6.85. The zero-order valence-electron chi connectivity index (χ0n) is 16.9. The SMILES string of the molecule is COCCOc1ccc(Nc2ncnc(OC3CCN(C(=O)O)CC3)c2C)c(F)c1. The molecule has 0 aliphatic carbocycles. The number of hydrogen-bond donors (Lipinski definition) is 2. The zero-order chi connectivity index (χ0) is 21.5. The van der Waals surface area contributed by atoms with Gasteiger partial charge in [-0.2, -0.15) is 0 Å². The maximum atomic E-state index is 14.5. The molecule has 1 aromatic heterocycles. The fraction of sp³-hybridized carbons (Fsp3) is 0.450. The number of ether oxygens (including phenoxy) is 3. The Kier molecular flexibility index (Phi) is 7.23. The summed E-state index contributed by atoms with van der Waals surface area (Å²) < 4.78 is 30.7. The molecule has 2 N–H and O–H groups in total. The van der Waals surface area contributed by atoms with Crippen molar-refractivity contribution < 1.29 is 28.5 Å². The van der Waals surface area contributed by atoms with E-state index in [0.29, 0.717) is 62.2 Å². The Hall–Kier alpha value is -3.14. The Bertz CT molecular complexity index is 874. The second-order valence-corrected chi connectivity index (χ2v) is 6.85. The van der Waals surface area contributed by atoms with Gasteiger partial charge in [0.1, 0.15) is 36.4 Å². The van der Waals surface area contributed by atoms with Crippen molar-refractivity contribution in [2.24, 2.45) is 0 Å². The normalized spacial score (nSPS) is 14.4. The van der Waals surface area contributed by atoms with Gasteiger partial charge >= 0.3 is 6.09 Å². The largest absolute Gasteiger partial charge is 0.491 e. The summed E-state index contributed by atoms with van der Waals surface area (Å²) in [5.74, 6) is 0.744. The minimum Gasteiger partial charge on any atom is -0.491 e.